The Hall–Kier alpha value is -2.54. The molecule has 2 aromatic carbocycles. The Balaban J connectivity index is 1.95. The number of benzene rings is 2. The van der Waals surface area contributed by atoms with E-state index in [1.54, 1.807) is 12.1 Å². The minimum absolute atomic E-state index is 0.0629. The van der Waals surface area contributed by atoms with E-state index in [0.29, 0.717) is 17.1 Å². The van der Waals surface area contributed by atoms with Gasteiger partial charge in [-0.3, -0.25) is 9.52 Å². The van der Waals surface area contributed by atoms with E-state index in [1.165, 1.54) is 12.1 Å². The molecule has 0 atom stereocenters. The molecular formula is C17H18N2O4S. The molecule has 2 aromatic rings. The monoisotopic (exact) mass is 346 g/mol. The second kappa shape index (κ2) is 6.16. The Kier molecular flexibility index (Phi) is 4.19. The molecule has 0 unspecified atom stereocenters. The number of hydrogen-bond acceptors (Lipinski definition) is 4. The van der Waals surface area contributed by atoms with E-state index in [1.807, 2.05) is 26.0 Å². The first kappa shape index (κ1) is 16.3. The van der Waals surface area contributed by atoms with Crippen LogP contribution in [0.5, 0.6) is 5.75 Å². The molecule has 7 heteroatoms. The van der Waals surface area contributed by atoms with Gasteiger partial charge in [0.05, 0.1) is 29.3 Å². The van der Waals surface area contributed by atoms with Crippen LogP contribution in [0, 0.1) is 13.8 Å². The molecule has 0 aliphatic carbocycles. The summed E-state index contributed by atoms with van der Waals surface area (Å²) in [6.45, 7) is 4.00. The minimum atomic E-state index is -3.77. The largest absolute Gasteiger partial charge is 0.491 e. The molecule has 6 nitrogen and oxygen atoms in total. The third-order valence-electron chi connectivity index (χ3n) is 3.76. The molecular weight excluding hydrogens is 328 g/mol. The van der Waals surface area contributed by atoms with Crippen LogP contribution >= 0.6 is 0 Å². The summed E-state index contributed by atoms with van der Waals surface area (Å²) in [7, 11) is -3.77. The summed E-state index contributed by atoms with van der Waals surface area (Å²) in [6.07, 6.45) is 0.234. The fraction of sp³-hybridized carbons (Fsp3) is 0.235. The molecule has 0 fully saturated rings. The molecule has 1 aliphatic rings. The van der Waals surface area contributed by atoms with Gasteiger partial charge in [0.2, 0.25) is 5.91 Å². The van der Waals surface area contributed by atoms with Crippen molar-refractivity contribution in [3.05, 3.63) is 47.5 Å². The first-order valence-corrected chi connectivity index (χ1v) is 9.00. The molecule has 0 saturated heterocycles. The van der Waals surface area contributed by atoms with Crippen molar-refractivity contribution in [2.45, 2.75) is 25.2 Å². The predicted octanol–water partition coefficient (Wildman–Crippen LogP) is 2.83. The quantitative estimate of drug-likeness (QED) is 0.895. The number of fused-ring (bicyclic) bond motifs is 1. The number of rotatable bonds is 3. The van der Waals surface area contributed by atoms with E-state index in [-0.39, 0.29) is 23.8 Å². The van der Waals surface area contributed by atoms with Crippen molar-refractivity contribution in [1.82, 2.24) is 0 Å². The zero-order chi connectivity index (χ0) is 17.3. The van der Waals surface area contributed by atoms with Crippen molar-refractivity contribution < 1.29 is 17.9 Å². The first-order valence-electron chi connectivity index (χ1n) is 7.52. The Labute approximate surface area is 140 Å². The third-order valence-corrected chi connectivity index (χ3v) is 5.12. The lowest BCUT2D eigenvalue weighted by atomic mass is 10.1. The number of sulfonamides is 1. The highest BCUT2D eigenvalue weighted by atomic mass is 32.2. The van der Waals surface area contributed by atoms with Crippen LogP contribution in [0.3, 0.4) is 0 Å². The van der Waals surface area contributed by atoms with E-state index in [9.17, 15) is 13.2 Å². The Morgan fingerprint density at radius 3 is 2.71 bits per heavy atom. The van der Waals surface area contributed by atoms with Crippen molar-refractivity contribution in [2.75, 3.05) is 16.6 Å². The number of nitrogens with one attached hydrogen (secondary N) is 2. The summed E-state index contributed by atoms with van der Waals surface area (Å²) in [4.78, 5) is 11.7. The van der Waals surface area contributed by atoms with Crippen LogP contribution in [0.15, 0.2) is 41.3 Å². The minimum Gasteiger partial charge on any atom is -0.491 e. The normalized spacial score (nSPS) is 14.2. The molecule has 0 saturated carbocycles. The van der Waals surface area contributed by atoms with Gasteiger partial charge in [0.15, 0.2) is 0 Å². The van der Waals surface area contributed by atoms with E-state index in [2.05, 4.69) is 10.0 Å². The number of carbonyl (C=O) groups excluding carboxylic acids is 1. The van der Waals surface area contributed by atoms with Gasteiger partial charge >= 0.3 is 0 Å². The molecule has 0 spiro atoms. The van der Waals surface area contributed by atoms with E-state index in [4.69, 9.17) is 4.74 Å². The summed E-state index contributed by atoms with van der Waals surface area (Å²) in [5.41, 5.74) is 2.68. The average molecular weight is 346 g/mol. The number of aryl methyl sites for hydroxylation is 2. The lowest BCUT2D eigenvalue weighted by Gasteiger charge is -2.13. The molecule has 126 valence electrons. The fourth-order valence-electron chi connectivity index (χ4n) is 2.42. The highest BCUT2D eigenvalue weighted by molar-refractivity contribution is 7.92. The standard InChI is InChI=1S/C17H18N2O4S/c1-11-3-4-12(2)14(9-11)19-24(21,22)13-5-6-16-15(10-13)18-17(20)7-8-23-16/h3-6,9-10,19H,7-8H2,1-2H3,(H,18,20). The van der Waals surface area contributed by atoms with Crippen LogP contribution in [0.1, 0.15) is 17.5 Å². The van der Waals surface area contributed by atoms with Crippen LogP contribution in [-0.2, 0) is 14.8 Å². The van der Waals surface area contributed by atoms with E-state index < -0.39 is 10.0 Å². The van der Waals surface area contributed by atoms with Gasteiger partial charge in [0.1, 0.15) is 5.75 Å². The number of hydrogen-bond donors (Lipinski definition) is 2. The van der Waals surface area contributed by atoms with Crippen LogP contribution in [0.2, 0.25) is 0 Å². The Morgan fingerprint density at radius 1 is 1.12 bits per heavy atom. The van der Waals surface area contributed by atoms with Crippen molar-refractivity contribution in [3.63, 3.8) is 0 Å². The van der Waals surface area contributed by atoms with Gasteiger partial charge in [0, 0.05) is 0 Å². The number of ether oxygens (including phenoxy) is 1. The van der Waals surface area contributed by atoms with Gasteiger partial charge in [-0.1, -0.05) is 12.1 Å². The van der Waals surface area contributed by atoms with Crippen LogP contribution < -0.4 is 14.8 Å². The third kappa shape index (κ3) is 3.35. The summed E-state index contributed by atoms with van der Waals surface area (Å²) in [6, 6.07) is 9.98. The summed E-state index contributed by atoms with van der Waals surface area (Å²) < 4.78 is 33.3. The maximum absolute atomic E-state index is 12.7. The zero-order valence-electron chi connectivity index (χ0n) is 13.4. The molecule has 1 aliphatic heterocycles. The molecule has 0 bridgehead atoms. The summed E-state index contributed by atoms with van der Waals surface area (Å²) in [5.74, 6) is 0.261. The number of anilines is 2. The Morgan fingerprint density at radius 2 is 1.92 bits per heavy atom. The maximum atomic E-state index is 12.7. The SMILES string of the molecule is Cc1ccc(C)c(NS(=O)(=O)c2ccc3c(c2)NC(=O)CCO3)c1. The predicted molar refractivity (Wildman–Crippen MR) is 91.9 cm³/mol. The van der Waals surface area contributed by atoms with Crippen molar-refractivity contribution in [1.29, 1.82) is 0 Å². The van der Waals surface area contributed by atoms with Gasteiger partial charge in [-0.05, 0) is 49.2 Å². The van der Waals surface area contributed by atoms with Crippen molar-refractivity contribution in [2.24, 2.45) is 0 Å². The zero-order valence-corrected chi connectivity index (χ0v) is 14.2. The van der Waals surface area contributed by atoms with E-state index >= 15 is 0 Å². The topological polar surface area (TPSA) is 84.5 Å². The molecule has 0 radical (unpaired) electrons. The first-order chi connectivity index (χ1) is 11.3. The van der Waals surface area contributed by atoms with Crippen molar-refractivity contribution >= 4 is 27.3 Å². The molecule has 2 N–H and O–H groups in total. The second-order valence-electron chi connectivity index (χ2n) is 5.73. The van der Waals surface area contributed by atoms with Crippen LogP contribution in [0.4, 0.5) is 11.4 Å². The average Bonchev–Trinajstić information content (AvgIpc) is 2.70. The molecule has 24 heavy (non-hydrogen) atoms. The number of amides is 1. The van der Waals surface area contributed by atoms with Crippen LogP contribution in [0.25, 0.3) is 0 Å². The smallest absolute Gasteiger partial charge is 0.261 e. The molecule has 3 rings (SSSR count). The highest BCUT2D eigenvalue weighted by Gasteiger charge is 2.20. The lowest BCUT2D eigenvalue weighted by molar-refractivity contribution is -0.116. The molecule has 1 amide bonds. The van der Waals surface area contributed by atoms with Gasteiger partial charge in [-0.2, -0.15) is 0 Å². The Bertz CT molecular complexity index is 907. The number of carbonyl (C=O) groups is 1. The maximum Gasteiger partial charge on any atom is 0.261 e. The van der Waals surface area contributed by atoms with Crippen LogP contribution in [-0.4, -0.2) is 20.9 Å². The highest BCUT2D eigenvalue weighted by Crippen LogP contribution is 2.30. The van der Waals surface area contributed by atoms with Gasteiger partial charge in [-0.25, -0.2) is 8.42 Å². The summed E-state index contributed by atoms with van der Waals surface area (Å²) >= 11 is 0. The second-order valence-corrected chi connectivity index (χ2v) is 7.41. The lowest BCUT2D eigenvalue weighted by Crippen LogP contribution is -2.15. The van der Waals surface area contributed by atoms with Gasteiger partial charge in [0.25, 0.3) is 10.0 Å². The fourth-order valence-corrected chi connectivity index (χ4v) is 3.56. The van der Waals surface area contributed by atoms with Gasteiger partial charge in [-0.15, -0.1) is 0 Å². The van der Waals surface area contributed by atoms with E-state index in [0.717, 1.165) is 11.1 Å². The summed E-state index contributed by atoms with van der Waals surface area (Å²) in [5, 5.41) is 2.66. The molecule has 0 aromatic heterocycles. The van der Waals surface area contributed by atoms with Crippen molar-refractivity contribution in [3.8, 4) is 5.75 Å². The molecule has 1 heterocycles. The van der Waals surface area contributed by atoms with Gasteiger partial charge < -0.3 is 10.1 Å².